The van der Waals surface area contributed by atoms with Crippen molar-refractivity contribution >= 4 is 40.7 Å². The minimum absolute atomic E-state index is 0.00463. The van der Waals surface area contributed by atoms with E-state index < -0.39 is 0 Å². The molecule has 2 aromatic rings. The van der Waals surface area contributed by atoms with E-state index >= 15 is 0 Å². The van der Waals surface area contributed by atoms with Gasteiger partial charge in [0, 0.05) is 74.0 Å². The van der Waals surface area contributed by atoms with Crippen molar-refractivity contribution in [1.29, 1.82) is 0 Å². The Kier molecular flexibility index (Phi) is 53.3. The third kappa shape index (κ3) is 100. The van der Waals surface area contributed by atoms with Crippen molar-refractivity contribution in [2.24, 2.45) is 11.7 Å². The van der Waals surface area contributed by atoms with Crippen molar-refractivity contribution in [3.8, 4) is 0 Å². The fourth-order valence-corrected chi connectivity index (χ4v) is 1.46. The van der Waals surface area contributed by atoms with Crippen LogP contribution in [0, 0.1) is 19.8 Å². The number of nitrogens with zero attached hydrogens (tertiary/aromatic N) is 3. The number of ether oxygens (including phenoxy) is 1. The van der Waals surface area contributed by atoms with Gasteiger partial charge in [0.25, 0.3) is 0 Å². The molecule has 1 saturated carbocycles. The molecule has 45 heavy (non-hydrogen) atoms. The smallest absolute Gasteiger partial charge is 0.240 e. The second-order valence-electron chi connectivity index (χ2n) is 8.47. The Morgan fingerprint density at radius 1 is 0.978 bits per heavy atom. The standard InChI is InChI=1S/C6H10O.C4H6N2.C3H5N3.C3H7NO2.C3H7NO.C3H7NS.C2H5NO.2C2H6O/c1-5(7)4-6-2-3-6;1-4-2-3-5-6-4;1-3-4-2-5-6-3;1-3(5)4-6-2;2*1-3(5)4-2;1-2(3)4;1-3-2;1-2-3/h6H,2-4H2,1H3;2-3H,1H3,(H,5,6);2H,1H3,(H,4,5,6);1-2H3,(H,4,5);2*1-2H3,(H,4,5);1H3,(H2,3,4);1-2H3;3H,2H2,1H3. The second kappa shape index (κ2) is 44.6. The first-order valence-corrected chi connectivity index (χ1v) is 14.1. The summed E-state index contributed by atoms with van der Waals surface area (Å²) in [6.07, 6.45) is 6.63. The predicted molar refractivity (Wildman–Crippen MR) is 181 cm³/mol. The van der Waals surface area contributed by atoms with Crippen molar-refractivity contribution in [3.63, 3.8) is 0 Å². The van der Waals surface area contributed by atoms with E-state index in [1.165, 1.54) is 47.0 Å². The summed E-state index contributed by atoms with van der Waals surface area (Å²) in [5.41, 5.74) is 7.65. The Morgan fingerprint density at radius 3 is 1.47 bits per heavy atom. The van der Waals surface area contributed by atoms with Gasteiger partial charge in [0.1, 0.15) is 17.9 Å². The number of nitrogens with two attached hydrogens (primary N) is 1. The average Bonchev–Trinajstić information content (AvgIpc) is 3.36. The SMILES string of the molecule is CC(=O)CC1CC1.CC(N)=O.CCO.CNC(C)=O.CNC(C)=S.COC.CONC(C)=O.Cc1ccn[nH]1.Cc1ncn[nH]1. The Morgan fingerprint density at radius 2 is 1.40 bits per heavy atom. The number of carbonyl (C=O) groups is 4. The van der Waals surface area contributed by atoms with Gasteiger partial charge >= 0.3 is 0 Å². The Balaban J connectivity index is -0.0000000964. The molecule has 1 fully saturated rings. The molecular formula is C28H59N9O7S. The number of methoxy groups -OCH3 is 1. The molecule has 16 nitrogen and oxygen atoms in total. The maximum Gasteiger partial charge on any atom is 0.240 e. The third-order valence-corrected chi connectivity index (χ3v) is 3.60. The Labute approximate surface area is 274 Å². The van der Waals surface area contributed by atoms with Gasteiger partial charge in [0.05, 0.1) is 12.1 Å². The van der Waals surface area contributed by atoms with E-state index in [9.17, 15) is 19.2 Å². The van der Waals surface area contributed by atoms with Gasteiger partial charge in [-0.05, 0) is 59.4 Å². The average molecular weight is 666 g/mol. The monoisotopic (exact) mass is 665 g/mol. The van der Waals surface area contributed by atoms with Crippen LogP contribution in [0.25, 0.3) is 0 Å². The van der Waals surface area contributed by atoms with Crippen LogP contribution in [-0.4, -0.2) is 101 Å². The zero-order valence-electron chi connectivity index (χ0n) is 29.4. The van der Waals surface area contributed by atoms with Crippen molar-refractivity contribution in [2.75, 3.05) is 42.0 Å². The van der Waals surface area contributed by atoms with E-state index in [2.05, 4.69) is 69.0 Å². The summed E-state index contributed by atoms with van der Waals surface area (Å²) in [5.74, 6) is 1.47. The number of carbonyl (C=O) groups excluding carboxylic acids is 4. The highest BCUT2D eigenvalue weighted by molar-refractivity contribution is 7.80. The minimum Gasteiger partial charge on any atom is -0.397 e. The van der Waals surface area contributed by atoms with E-state index in [0.29, 0.717) is 5.78 Å². The van der Waals surface area contributed by atoms with Gasteiger partial charge in [0.2, 0.25) is 17.7 Å². The van der Waals surface area contributed by atoms with Gasteiger partial charge in [-0.3, -0.25) is 29.4 Å². The van der Waals surface area contributed by atoms with Crippen molar-refractivity contribution in [1.82, 2.24) is 41.5 Å². The number of aryl methyl sites for hydroxylation is 2. The highest BCUT2D eigenvalue weighted by Crippen LogP contribution is 2.32. The van der Waals surface area contributed by atoms with Crippen LogP contribution < -0.4 is 21.8 Å². The second-order valence-corrected chi connectivity index (χ2v) is 9.08. The fraction of sp³-hybridized carbons (Fsp3) is 0.643. The molecule has 3 amide bonds. The summed E-state index contributed by atoms with van der Waals surface area (Å²) in [5, 5.41) is 25.4. The first-order valence-electron chi connectivity index (χ1n) is 13.7. The molecule has 1 aliphatic carbocycles. The zero-order chi connectivity index (χ0) is 36.6. The maximum absolute atomic E-state index is 10.3. The third-order valence-electron chi connectivity index (χ3n) is 3.40. The normalized spacial score (nSPS) is 9.29. The van der Waals surface area contributed by atoms with Crippen LogP contribution in [0.3, 0.4) is 0 Å². The molecule has 0 radical (unpaired) electrons. The number of nitrogens with one attached hydrogen (secondary N) is 5. The summed E-state index contributed by atoms with van der Waals surface area (Å²) < 4.78 is 4.25. The number of aromatic nitrogens is 5. The maximum atomic E-state index is 10.3. The number of hydrogen-bond donors (Lipinski definition) is 7. The number of Topliss-reactive ketones (excluding diaryl/α,β-unsaturated/α-hetero) is 1. The summed E-state index contributed by atoms with van der Waals surface area (Å²) in [4.78, 5) is 47.8. The van der Waals surface area contributed by atoms with Crippen LogP contribution in [-0.2, 0) is 28.8 Å². The summed E-state index contributed by atoms with van der Waals surface area (Å²) in [7, 11) is 8.05. The number of thiocarbonyl (C=S) groups is 1. The molecule has 8 N–H and O–H groups in total. The largest absolute Gasteiger partial charge is 0.397 e. The molecule has 0 saturated heterocycles. The highest BCUT2D eigenvalue weighted by Gasteiger charge is 2.22. The molecule has 0 aromatic carbocycles. The highest BCUT2D eigenvalue weighted by atomic mass is 32.1. The molecule has 0 bridgehead atoms. The molecule has 0 unspecified atom stereocenters. The molecule has 0 aliphatic heterocycles. The van der Waals surface area contributed by atoms with E-state index in [4.69, 9.17) is 5.11 Å². The molecule has 0 spiro atoms. The molecule has 17 heteroatoms. The van der Waals surface area contributed by atoms with E-state index in [1.54, 1.807) is 41.3 Å². The lowest BCUT2D eigenvalue weighted by atomic mass is 10.2. The topological polar surface area (TPSA) is 239 Å². The fourth-order valence-electron chi connectivity index (χ4n) is 1.46. The minimum atomic E-state index is -0.333. The lowest BCUT2D eigenvalue weighted by molar-refractivity contribution is -0.129. The number of primary amides is 1. The van der Waals surface area contributed by atoms with Crippen LogP contribution in [0.15, 0.2) is 18.6 Å². The summed E-state index contributed by atoms with van der Waals surface area (Å²) in [6, 6.07) is 1.92. The van der Waals surface area contributed by atoms with Gasteiger partial charge in [-0.25, -0.2) is 10.5 Å². The molecule has 2 aromatic heterocycles. The zero-order valence-corrected chi connectivity index (χ0v) is 30.2. The molecule has 1 aliphatic rings. The number of ketones is 1. The van der Waals surface area contributed by atoms with Crippen LogP contribution >= 0.6 is 12.2 Å². The molecular weight excluding hydrogens is 606 g/mol. The molecule has 3 rings (SSSR count). The van der Waals surface area contributed by atoms with Gasteiger partial charge in [-0.15, -0.1) is 0 Å². The number of aliphatic hydroxyl groups excluding tert-OH is 1. The lowest BCUT2D eigenvalue weighted by Gasteiger charge is -1.90. The number of aromatic amines is 2. The van der Waals surface area contributed by atoms with Gasteiger partial charge in [-0.2, -0.15) is 10.2 Å². The lowest BCUT2D eigenvalue weighted by Crippen LogP contribution is -2.17. The first kappa shape index (κ1) is 53.7. The van der Waals surface area contributed by atoms with Gasteiger partial charge < -0.3 is 31.0 Å². The number of aliphatic hydroxyl groups is 1. The van der Waals surface area contributed by atoms with Crippen molar-refractivity contribution < 1.29 is 33.9 Å². The number of H-pyrrole nitrogens is 2. The van der Waals surface area contributed by atoms with E-state index in [-0.39, 0.29) is 24.3 Å². The van der Waals surface area contributed by atoms with Crippen molar-refractivity contribution in [2.45, 2.75) is 74.7 Å². The molecule has 264 valence electrons. The van der Waals surface area contributed by atoms with Gasteiger partial charge in [-0.1, -0.05) is 12.2 Å². The van der Waals surface area contributed by atoms with Crippen LogP contribution in [0.1, 0.15) is 72.3 Å². The summed E-state index contributed by atoms with van der Waals surface area (Å²) >= 11 is 4.59. The molecule has 2 heterocycles. The summed E-state index contributed by atoms with van der Waals surface area (Å²) in [6.45, 7) is 13.4. The molecule has 0 atom stereocenters. The number of hydroxylamine groups is 1. The van der Waals surface area contributed by atoms with Crippen LogP contribution in [0.4, 0.5) is 0 Å². The van der Waals surface area contributed by atoms with Gasteiger partial charge in [0.15, 0.2) is 0 Å². The Bertz CT molecular complexity index is 859. The van der Waals surface area contributed by atoms with Crippen molar-refractivity contribution in [3.05, 3.63) is 30.1 Å². The number of amides is 3. The number of rotatable bonds is 3. The van der Waals surface area contributed by atoms with E-state index in [1.807, 2.05) is 33.9 Å². The number of hydrogen-bond acceptors (Lipinski definition) is 11. The predicted octanol–water partition coefficient (Wildman–Crippen LogP) is 1.95. The Hall–Kier alpha value is -3.80. The van der Waals surface area contributed by atoms with Crippen LogP contribution in [0.2, 0.25) is 0 Å². The first-order chi connectivity index (χ1) is 20.9. The van der Waals surface area contributed by atoms with E-state index in [0.717, 1.165) is 28.8 Å². The van der Waals surface area contributed by atoms with Crippen LogP contribution in [0.5, 0.6) is 0 Å². The quantitative estimate of drug-likeness (QED) is 0.184.